The van der Waals surface area contributed by atoms with Crippen LogP contribution in [0.3, 0.4) is 0 Å². The zero-order valence-electron chi connectivity index (χ0n) is 5.50. The van der Waals surface area contributed by atoms with E-state index in [2.05, 4.69) is 4.99 Å². The van der Waals surface area contributed by atoms with Crippen LogP contribution in [0.15, 0.2) is 4.99 Å². The van der Waals surface area contributed by atoms with Crippen molar-refractivity contribution >= 4 is 92.3 Å². The lowest BCUT2D eigenvalue weighted by Crippen LogP contribution is -2.21. The molecule has 0 aromatic carbocycles. The number of nitrogens with zero attached hydrogens (tertiary/aromatic N) is 1. The lowest BCUT2D eigenvalue weighted by Gasteiger charge is -2.09. The minimum Gasteiger partial charge on any atom is -0.268 e. The lowest BCUT2D eigenvalue weighted by molar-refractivity contribution is -0.116. The maximum Gasteiger partial charge on any atom is 0.299 e. The summed E-state index contributed by atoms with van der Waals surface area (Å²) in [6, 6.07) is 0. The van der Waals surface area contributed by atoms with Crippen LogP contribution in [0.5, 0.6) is 0 Å². The molecule has 2 nitrogen and oxygen atoms in total. The van der Waals surface area contributed by atoms with Crippen LogP contribution in [-0.4, -0.2) is 18.7 Å². The third-order valence-corrected chi connectivity index (χ3v) is 2.36. The van der Waals surface area contributed by atoms with Gasteiger partial charge in [0.15, 0.2) is 5.17 Å². The van der Waals surface area contributed by atoms with Gasteiger partial charge >= 0.3 is 0 Å². The van der Waals surface area contributed by atoms with Crippen LogP contribution in [0, 0.1) is 0 Å². The van der Waals surface area contributed by atoms with Crippen LogP contribution in [0.25, 0.3) is 0 Å². The molecule has 0 saturated carbocycles. The quantitative estimate of drug-likeness (QED) is 0.490. The SMILES string of the molecule is O=C(N=C(Cl)C(Cl)(Cl)Cl)C(Cl)(Cl)Cl. The van der Waals surface area contributed by atoms with E-state index in [1.807, 2.05) is 0 Å². The molecule has 9 heteroatoms. The van der Waals surface area contributed by atoms with Crippen LogP contribution < -0.4 is 0 Å². The highest BCUT2D eigenvalue weighted by Gasteiger charge is 2.34. The van der Waals surface area contributed by atoms with Crippen molar-refractivity contribution in [3.63, 3.8) is 0 Å². The second-order valence-corrected chi connectivity index (χ2v) is 6.62. The largest absolute Gasteiger partial charge is 0.299 e. The molecule has 0 rings (SSSR count). The van der Waals surface area contributed by atoms with Crippen molar-refractivity contribution in [2.75, 3.05) is 0 Å². The van der Waals surface area contributed by atoms with Gasteiger partial charge in [-0.1, -0.05) is 81.2 Å². The molecular weight excluding hydrogens is 326 g/mol. The molecule has 0 aliphatic carbocycles. The molecule has 76 valence electrons. The topological polar surface area (TPSA) is 29.4 Å². The van der Waals surface area contributed by atoms with Crippen LogP contribution in [0.1, 0.15) is 0 Å². The first-order valence-electron chi connectivity index (χ1n) is 2.47. The second-order valence-electron chi connectivity index (χ2n) is 1.70. The maximum atomic E-state index is 10.9. The Morgan fingerprint density at radius 1 is 0.923 bits per heavy atom. The Morgan fingerprint density at radius 2 is 1.31 bits per heavy atom. The van der Waals surface area contributed by atoms with Gasteiger partial charge in [0.05, 0.1) is 0 Å². The minimum atomic E-state index is -2.21. The first kappa shape index (κ1) is 14.4. The van der Waals surface area contributed by atoms with Gasteiger partial charge < -0.3 is 0 Å². The van der Waals surface area contributed by atoms with Crippen LogP contribution in [0.4, 0.5) is 0 Å². The van der Waals surface area contributed by atoms with E-state index < -0.39 is 18.7 Å². The number of amides is 1. The molecule has 0 aliphatic rings. The van der Waals surface area contributed by atoms with Gasteiger partial charge in [0, 0.05) is 0 Å². The van der Waals surface area contributed by atoms with Crippen LogP contribution >= 0.6 is 81.2 Å². The molecule has 0 heterocycles. The van der Waals surface area contributed by atoms with Crippen molar-refractivity contribution < 1.29 is 4.79 Å². The fraction of sp³-hybridized carbons (Fsp3) is 0.500. The fourth-order valence-corrected chi connectivity index (χ4v) is 0.546. The number of carbonyl (C=O) groups is 1. The summed E-state index contributed by atoms with van der Waals surface area (Å²) in [6.07, 6.45) is 0. The number of aliphatic imine (C=N–C) groups is 1. The zero-order chi connectivity index (χ0) is 10.9. The van der Waals surface area contributed by atoms with Crippen molar-refractivity contribution in [1.82, 2.24) is 0 Å². The molecule has 0 aromatic heterocycles. The number of carbonyl (C=O) groups excluding carboxylic acids is 1. The average molecular weight is 326 g/mol. The van der Waals surface area contributed by atoms with Crippen molar-refractivity contribution in [3.05, 3.63) is 0 Å². The van der Waals surface area contributed by atoms with E-state index in [-0.39, 0.29) is 0 Å². The van der Waals surface area contributed by atoms with E-state index in [1.165, 1.54) is 0 Å². The Kier molecular flexibility index (Phi) is 5.45. The lowest BCUT2D eigenvalue weighted by atomic mass is 10.7. The third-order valence-electron chi connectivity index (χ3n) is 0.676. The molecule has 0 spiro atoms. The summed E-state index contributed by atoms with van der Waals surface area (Å²) in [5, 5.41) is -0.589. The molecular formula is C4Cl7NO. The van der Waals surface area contributed by atoms with Gasteiger partial charge in [-0.2, -0.15) is 4.99 Å². The average Bonchev–Trinajstić information content (AvgIpc) is 1.82. The molecule has 0 aliphatic heterocycles. The summed E-state index contributed by atoms with van der Waals surface area (Å²) >= 11 is 36.6. The third kappa shape index (κ3) is 5.73. The Morgan fingerprint density at radius 3 is 1.54 bits per heavy atom. The number of halogens is 7. The van der Waals surface area contributed by atoms with Gasteiger partial charge in [-0.3, -0.25) is 4.79 Å². The minimum absolute atomic E-state index is 0.589. The predicted octanol–water partition coefficient (Wildman–Crippen LogP) is 3.89. The molecule has 0 fully saturated rings. The first-order chi connectivity index (χ1) is 5.55. The van der Waals surface area contributed by atoms with Gasteiger partial charge in [0.25, 0.3) is 9.70 Å². The van der Waals surface area contributed by atoms with E-state index in [0.29, 0.717) is 0 Å². The Labute approximate surface area is 109 Å². The fourth-order valence-electron chi connectivity index (χ4n) is 0.216. The standard InChI is InChI=1S/C4Cl7NO/c5-1(3(6,7)8)12-2(13)4(9,10)11. The van der Waals surface area contributed by atoms with E-state index in [1.54, 1.807) is 0 Å². The highest BCUT2D eigenvalue weighted by atomic mass is 35.6. The molecule has 0 unspecified atom stereocenters. The normalized spacial score (nSPS) is 14.5. The molecule has 0 aromatic rings. The van der Waals surface area contributed by atoms with Gasteiger partial charge in [-0.05, 0) is 0 Å². The zero-order valence-corrected chi connectivity index (χ0v) is 10.8. The number of hydrogen-bond acceptors (Lipinski definition) is 1. The Bertz CT molecular complexity index is 236. The number of alkyl halides is 6. The van der Waals surface area contributed by atoms with Crippen molar-refractivity contribution in [1.29, 1.82) is 0 Å². The van der Waals surface area contributed by atoms with Gasteiger partial charge in [-0.25, -0.2) is 0 Å². The van der Waals surface area contributed by atoms with E-state index in [0.717, 1.165) is 0 Å². The Hall–Kier alpha value is 1.37. The van der Waals surface area contributed by atoms with E-state index >= 15 is 0 Å². The molecule has 13 heavy (non-hydrogen) atoms. The highest BCUT2D eigenvalue weighted by molar-refractivity contribution is 6.90. The van der Waals surface area contributed by atoms with Crippen LogP contribution in [0.2, 0.25) is 0 Å². The van der Waals surface area contributed by atoms with Gasteiger partial charge in [0.2, 0.25) is 3.79 Å². The molecule has 0 bridgehead atoms. The summed E-state index contributed by atoms with van der Waals surface area (Å²) in [5.41, 5.74) is 0. The summed E-state index contributed by atoms with van der Waals surface area (Å²) in [5.74, 6) is -1.13. The van der Waals surface area contributed by atoms with E-state index in [9.17, 15) is 4.79 Å². The molecule has 0 saturated heterocycles. The predicted molar refractivity (Wildman–Crippen MR) is 58.9 cm³/mol. The molecule has 1 amide bonds. The molecule has 0 N–H and O–H groups in total. The number of rotatable bonds is 0. The van der Waals surface area contributed by atoms with E-state index in [4.69, 9.17) is 81.2 Å². The number of hydrogen-bond donors (Lipinski definition) is 0. The van der Waals surface area contributed by atoms with Crippen molar-refractivity contribution in [2.24, 2.45) is 4.99 Å². The van der Waals surface area contributed by atoms with Crippen molar-refractivity contribution in [3.8, 4) is 0 Å². The van der Waals surface area contributed by atoms with Crippen molar-refractivity contribution in [2.45, 2.75) is 7.59 Å². The maximum absolute atomic E-state index is 10.9. The van der Waals surface area contributed by atoms with Gasteiger partial charge in [-0.15, -0.1) is 0 Å². The summed E-state index contributed by atoms with van der Waals surface area (Å²) < 4.78 is -4.22. The smallest absolute Gasteiger partial charge is 0.268 e. The van der Waals surface area contributed by atoms with Crippen LogP contribution in [-0.2, 0) is 4.79 Å². The first-order valence-corrected chi connectivity index (χ1v) is 5.12. The monoisotopic (exact) mass is 323 g/mol. The highest BCUT2D eigenvalue weighted by Crippen LogP contribution is 2.32. The Balaban J connectivity index is 4.70. The summed E-state index contributed by atoms with van der Waals surface area (Å²) in [4.78, 5) is 13.9. The van der Waals surface area contributed by atoms with Gasteiger partial charge in [0.1, 0.15) is 0 Å². The molecule has 0 atom stereocenters. The second kappa shape index (κ2) is 4.93. The summed E-state index contributed by atoms with van der Waals surface area (Å²) in [6.45, 7) is 0. The summed E-state index contributed by atoms with van der Waals surface area (Å²) in [7, 11) is 0. The molecule has 0 radical (unpaired) electrons.